The Hall–Kier alpha value is -0.770. The summed E-state index contributed by atoms with van der Waals surface area (Å²) in [5.41, 5.74) is 0.936. The highest BCUT2D eigenvalue weighted by atomic mass is 35.5. The van der Waals surface area contributed by atoms with Gasteiger partial charge in [-0.05, 0) is 49.4 Å². The van der Waals surface area contributed by atoms with Gasteiger partial charge < -0.3 is 4.90 Å². The molecule has 2 aliphatic heterocycles. The van der Waals surface area contributed by atoms with Gasteiger partial charge in [-0.3, -0.25) is 9.69 Å². The first kappa shape index (κ1) is 18.0. The second-order valence-electron chi connectivity index (χ2n) is 7.55. The molecule has 5 heteroatoms. The molecule has 132 valence electrons. The summed E-state index contributed by atoms with van der Waals surface area (Å²) in [5, 5.41) is 1.05. The Balaban J connectivity index is 1.51. The second-order valence-corrected chi connectivity index (χ2v) is 8.36. The predicted molar refractivity (Wildman–Crippen MR) is 99.7 cm³/mol. The number of benzene rings is 1. The number of amides is 1. The third-order valence-corrected chi connectivity index (χ3v) is 5.98. The van der Waals surface area contributed by atoms with E-state index in [-0.39, 0.29) is 5.91 Å². The Bertz CT molecular complexity index is 605. The summed E-state index contributed by atoms with van der Waals surface area (Å²) in [6.07, 6.45) is 4.09. The maximum absolute atomic E-state index is 12.6. The van der Waals surface area contributed by atoms with Gasteiger partial charge >= 0.3 is 0 Å². The lowest BCUT2D eigenvalue weighted by Gasteiger charge is -2.34. The molecule has 1 amide bonds. The number of carbonyl (C=O) groups is 1. The molecule has 2 aliphatic rings. The normalized spacial score (nSPS) is 23.5. The summed E-state index contributed by atoms with van der Waals surface area (Å²) in [5.74, 6) is 0.983. The van der Waals surface area contributed by atoms with E-state index in [1.807, 2.05) is 6.07 Å². The second kappa shape index (κ2) is 7.63. The van der Waals surface area contributed by atoms with Crippen molar-refractivity contribution < 1.29 is 4.79 Å². The van der Waals surface area contributed by atoms with E-state index in [1.165, 1.54) is 19.4 Å². The average Bonchev–Trinajstić information content (AvgIpc) is 3.10. The van der Waals surface area contributed by atoms with Crippen molar-refractivity contribution >= 4 is 29.1 Å². The molecule has 1 aromatic rings. The Morgan fingerprint density at radius 2 is 2.00 bits per heavy atom. The molecule has 2 fully saturated rings. The van der Waals surface area contributed by atoms with Crippen LogP contribution in [0.4, 0.5) is 0 Å². The van der Waals surface area contributed by atoms with Crippen molar-refractivity contribution in [3.63, 3.8) is 0 Å². The molecule has 1 aromatic carbocycles. The molecule has 3 rings (SSSR count). The maximum Gasteiger partial charge on any atom is 0.227 e. The van der Waals surface area contributed by atoms with Crippen LogP contribution in [0.3, 0.4) is 0 Å². The van der Waals surface area contributed by atoms with Crippen LogP contribution in [0.15, 0.2) is 18.2 Å². The first-order valence-corrected chi connectivity index (χ1v) is 9.67. The summed E-state index contributed by atoms with van der Waals surface area (Å²) in [7, 11) is 0. The van der Waals surface area contributed by atoms with E-state index in [9.17, 15) is 4.79 Å². The fourth-order valence-corrected chi connectivity index (χ4v) is 4.28. The predicted octanol–water partition coefficient (Wildman–Crippen LogP) is 4.26. The number of hydrogen-bond donors (Lipinski definition) is 0. The highest BCUT2D eigenvalue weighted by molar-refractivity contribution is 6.42. The van der Waals surface area contributed by atoms with E-state index in [2.05, 4.69) is 23.6 Å². The van der Waals surface area contributed by atoms with E-state index in [4.69, 9.17) is 23.2 Å². The fourth-order valence-electron chi connectivity index (χ4n) is 3.96. The van der Waals surface area contributed by atoms with Crippen LogP contribution in [0.1, 0.15) is 38.7 Å². The number of nitrogens with zero attached hydrogens (tertiary/aromatic N) is 2. The van der Waals surface area contributed by atoms with Crippen molar-refractivity contribution in [2.75, 3.05) is 19.6 Å². The van der Waals surface area contributed by atoms with Gasteiger partial charge in [0.25, 0.3) is 0 Å². The van der Waals surface area contributed by atoms with Crippen molar-refractivity contribution in [3.8, 4) is 0 Å². The van der Waals surface area contributed by atoms with Gasteiger partial charge in [-0.2, -0.15) is 0 Å². The quantitative estimate of drug-likeness (QED) is 0.748. The van der Waals surface area contributed by atoms with Crippen molar-refractivity contribution in [3.05, 3.63) is 33.8 Å². The molecule has 0 aromatic heterocycles. The van der Waals surface area contributed by atoms with Crippen LogP contribution in [-0.4, -0.2) is 47.4 Å². The Labute approximate surface area is 154 Å². The molecule has 0 aliphatic carbocycles. The summed E-state index contributed by atoms with van der Waals surface area (Å²) >= 11 is 12.0. The zero-order valence-electron chi connectivity index (χ0n) is 14.5. The molecule has 0 spiro atoms. The van der Waals surface area contributed by atoms with Crippen LogP contribution >= 0.6 is 23.2 Å². The van der Waals surface area contributed by atoms with Gasteiger partial charge in [0.15, 0.2) is 0 Å². The standard InChI is InChI=1S/C19H26Cl2N2O/c1-13(2)4-3-7-22-11-16-10-15(22)12-23(16)19(24)9-14-5-6-17(20)18(21)8-14/h5-6,8,13,15-16H,3-4,7,9-12H2,1-2H3/t15-,16-/m1/s1. The molecule has 2 heterocycles. The Morgan fingerprint density at radius 3 is 2.62 bits per heavy atom. The van der Waals surface area contributed by atoms with E-state index < -0.39 is 0 Å². The minimum atomic E-state index is 0.211. The number of piperazine rings is 1. The smallest absolute Gasteiger partial charge is 0.227 e. The van der Waals surface area contributed by atoms with Crippen LogP contribution < -0.4 is 0 Å². The molecule has 2 saturated heterocycles. The average molecular weight is 369 g/mol. The number of hydrogen-bond acceptors (Lipinski definition) is 2. The minimum Gasteiger partial charge on any atom is -0.337 e. The van der Waals surface area contributed by atoms with Crippen LogP contribution in [-0.2, 0) is 11.2 Å². The van der Waals surface area contributed by atoms with Crippen LogP contribution in [0.25, 0.3) is 0 Å². The van der Waals surface area contributed by atoms with Crippen molar-refractivity contribution in [2.45, 2.75) is 51.6 Å². The van der Waals surface area contributed by atoms with E-state index >= 15 is 0 Å². The van der Waals surface area contributed by atoms with E-state index in [0.29, 0.717) is 28.5 Å². The number of halogens is 2. The van der Waals surface area contributed by atoms with Gasteiger partial charge in [0.1, 0.15) is 0 Å². The first-order valence-electron chi connectivity index (χ1n) is 8.91. The maximum atomic E-state index is 12.6. The summed E-state index contributed by atoms with van der Waals surface area (Å²) in [6.45, 7) is 7.65. The van der Waals surface area contributed by atoms with E-state index in [0.717, 1.165) is 31.0 Å². The Morgan fingerprint density at radius 1 is 1.21 bits per heavy atom. The molecule has 0 saturated carbocycles. The highest BCUT2D eigenvalue weighted by Crippen LogP contribution is 2.32. The van der Waals surface area contributed by atoms with Gasteiger partial charge in [-0.25, -0.2) is 0 Å². The molecule has 0 radical (unpaired) electrons. The molecule has 0 N–H and O–H groups in total. The van der Waals surface area contributed by atoms with Gasteiger partial charge in [0.05, 0.1) is 16.5 Å². The van der Waals surface area contributed by atoms with Crippen molar-refractivity contribution in [2.24, 2.45) is 5.92 Å². The molecule has 0 unspecified atom stereocenters. The van der Waals surface area contributed by atoms with Crippen molar-refractivity contribution in [1.82, 2.24) is 9.80 Å². The number of fused-ring (bicyclic) bond motifs is 2. The lowest BCUT2D eigenvalue weighted by Crippen LogP contribution is -2.49. The largest absolute Gasteiger partial charge is 0.337 e. The minimum absolute atomic E-state index is 0.211. The third kappa shape index (κ3) is 4.07. The van der Waals surface area contributed by atoms with Gasteiger partial charge in [-0.1, -0.05) is 43.1 Å². The van der Waals surface area contributed by atoms with Crippen LogP contribution in [0.5, 0.6) is 0 Å². The fraction of sp³-hybridized carbons (Fsp3) is 0.632. The monoisotopic (exact) mass is 368 g/mol. The van der Waals surface area contributed by atoms with Gasteiger partial charge in [0.2, 0.25) is 5.91 Å². The molecular weight excluding hydrogens is 343 g/mol. The SMILES string of the molecule is CC(C)CCCN1C[C@H]2C[C@@H]1CN2C(=O)Cc1ccc(Cl)c(Cl)c1. The lowest BCUT2D eigenvalue weighted by atomic mass is 10.1. The number of rotatable bonds is 6. The zero-order chi connectivity index (χ0) is 17.3. The summed E-state index contributed by atoms with van der Waals surface area (Å²) in [4.78, 5) is 17.3. The van der Waals surface area contributed by atoms with Crippen LogP contribution in [0, 0.1) is 5.92 Å². The molecule has 2 atom stereocenters. The zero-order valence-corrected chi connectivity index (χ0v) is 16.0. The van der Waals surface area contributed by atoms with E-state index in [1.54, 1.807) is 12.1 Å². The van der Waals surface area contributed by atoms with Crippen molar-refractivity contribution in [1.29, 1.82) is 0 Å². The molecule has 24 heavy (non-hydrogen) atoms. The molecule has 3 nitrogen and oxygen atoms in total. The number of carbonyl (C=O) groups excluding carboxylic acids is 1. The molecular formula is C19H26Cl2N2O. The topological polar surface area (TPSA) is 23.6 Å². The van der Waals surface area contributed by atoms with Crippen LogP contribution in [0.2, 0.25) is 10.0 Å². The third-order valence-electron chi connectivity index (χ3n) is 5.24. The first-order chi connectivity index (χ1) is 11.4. The molecule has 2 bridgehead atoms. The van der Waals surface area contributed by atoms with Gasteiger partial charge in [0, 0.05) is 25.2 Å². The summed E-state index contributed by atoms with van der Waals surface area (Å²) < 4.78 is 0. The van der Waals surface area contributed by atoms with Gasteiger partial charge in [-0.15, -0.1) is 0 Å². The highest BCUT2D eigenvalue weighted by Gasteiger charge is 2.44. The summed E-state index contributed by atoms with van der Waals surface area (Å²) in [6, 6.07) is 6.40. The lowest BCUT2D eigenvalue weighted by molar-refractivity contribution is -0.132. The Kier molecular flexibility index (Phi) is 5.74. The number of likely N-dealkylation sites (tertiary alicyclic amines) is 2.